The smallest absolute Gasteiger partial charge is 0.224 e. The number of aryl methyl sites for hydroxylation is 2. The summed E-state index contributed by atoms with van der Waals surface area (Å²) < 4.78 is 1.83. The number of aromatic nitrogens is 3. The van der Waals surface area contributed by atoms with Crippen LogP contribution in [-0.2, 0) is 24.9 Å². The molecule has 0 N–H and O–H groups in total. The number of nitrogens with zero attached hydrogens (tertiary/aromatic N) is 5. The quantitative estimate of drug-likeness (QED) is 0.855. The van der Waals surface area contributed by atoms with E-state index in [1.807, 2.05) is 47.9 Å². The molecule has 2 saturated heterocycles. The van der Waals surface area contributed by atoms with Crippen molar-refractivity contribution in [3.05, 3.63) is 47.5 Å². The summed E-state index contributed by atoms with van der Waals surface area (Å²) in [6.45, 7) is 4.53. The fraction of sp³-hybridized carbons (Fsp3) is 0.500. The number of hydrogen-bond donors (Lipinski definition) is 0. The maximum Gasteiger partial charge on any atom is 0.224 e. The van der Waals surface area contributed by atoms with Gasteiger partial charge in [-0.05, 0) is 25.5 Å². The predicted octanol–water partition coefficient (Wildman–Crippen LogP) is 1.50. The molecule has 2 aliphatic rings. The van der Waals surface area contributed by atoms with Crippen molar-refractivity contribution in [1.82, 2.24) is 24.6 Å². The highest BCUT2D eigenvalue weighted by atomic mass is 16.2. The molecule has 2 fully saturated rings. The maximum absolute atomic E-state index is 12.5. The number of carbonyl (C=O) groups is 1. The molecule has 6 heteroatoms. The molecule has 126 valence electrons. The summed E-state index contributed by atoms with van der Waals surface area (Å²) in [4.78, 5) is 21.6. The number of amides is 1. The Bertz CT molecular complexity index is 755. The van der Waals surface area contributed by atoms with Crippen molar-refractivity contribution in [2.75, 3.05) is 6.54 Å². The highest BCUT2D eigenvalue weighted by Crippen LogP contribution is 2.34. The number of hydrogen-bond acceptors (Lipinski definition) is 4. The minimum Gasteiger partial charge on any atom is -0.332 e. The van der Waals surface area contributed by atoms with Crippen LogP contribution in [0.3, 0.4) is 0 Å². The van der Waals surface area contributed by atoms with E-state index in [2.05, 4.69) is 21.2 Å². The van der Waals surface area contributed by atoms with E-state index in [9.17, 15) is 4.79 Å². The SMILES string of the molecule is Cc1cccc(CN2C(=O)C[C@H]3[C@H]2CCN3Cc2cnn(C)c2)n1. The molecule has 0 aromatic carbocycles. The number of rotatable bonds is 4. The first-order chi connectivity index (χ1) is 11.6. The van der Waals surface area contributed by atoms with E-state index in [1.165, 1.54) is 5.56 Å². The Morgan fingerprint density at radius 3 is 2.88 bits per heavy atom. The lowest BCUT2D eigenvalue weighted by atomic mass is 10.1. The first-order valence-corrected chi connectivity index (χ1v) is 8.54. The Kier molecular flexibility index (Phi) is 3.84. The van der Waals surface area contributed by atoms with Gasteiger partial charge in [0.25, 0.3) is 0 Å². The largest absolute Gasteiger partial charge is 0.332 e. The van der Waals surface area contributed by atoms with Gasteiger partial charge in [-0.3, -0.25) is 19.4 Å². The molecule has 24 heavy (non-hydrogen) atoms. The molecule has 0 radical (unpaired) electrons. The summed E-state index contributed by atoms with van der Waals surface area (Å²) >= 11 is 0. The molecule has 0 bridgehead atoms. The van der Waals surface area contributed by atoms with E-state index in [4.69, 9.17) is 0 Å². The van der Waals surface area contributed by atoms with Gasteiger partial charge in [0.15, 0.2) is 0 Å². The number of fused-ring (bicyclic) bond motifs is 1. The van der Waals surface area contributed by atoms with Crippen molar-refractivity contribution < 1.29 is 4.79 Å². The molecule has 0 spiro atoms. The van der Waals surface area contributed by atoms with Crippen LogP contribution in [0.15, 0.2) is 30.6 Å². The van der Waals surface area contributed by atoms with Gasteiger partial charge in [-0.1, -0.05) is 6.07 Å². The van der Waals surface area contributed by atoms with Crippen molar-refractivity contribution >= 4 is 5.91 Å². The van der Waals surface area contributed by atoms with E-state index in [1.54, 1.807) is 0 Å². The van der Waals surface area contributed by atoms with Gasteiger partial charge in [-0.2, -0.15) is 5.10 Å². The van der Waals surface area contributed by atoms with Crippen molar-refractivity contribution in [2.24, 2.45) is 7.05 Å². The van der Waals surface area contributed by atoms with Gasteiger partial charge in [0, 0.05) is 56.1 Å². The zero-order valence-electron chi connectivity index (χ0n) is 14.2. The zero-order chi connectivity index (χ0) is 16.7. The molecule has 2 aliphatic heterocycles. The highest BCUT2D eigenvalue weighted by molar-refractivity contribution is 5.80. The fourth-order valence-corrected chi connectivity index (χ4v) is 4.06. The summed E-state index contributed by atoms with van der Waals surface area (Å²) in [6, 6.07) is 6.65. The summed E-state index contributed by atoms with van der Waals surface area (Å²) in [7, 11) is 1.94. The molecular formula is C18H23N5O. The molecule has 6 nitrogen and oxygen atoms in total. The average Bonchev–Trinajstić information content (AvgIpc) is 3.20. The summed E-state index contributed by atoms with van der Waals surface area (Å²) in [5.74, 6) is 0.254. The molecule has 4 heterocycles. The van der Waals surface area contributed by atoms with Gasteiger partial charge < -0.3 is 4.90 Å². The predicted molar refractivity (Wildman–Crippen MR) is 90.0 cm³/mol. The van der Waals surface area contributed by atoms with Gasteiger partial charge >= 0.3 is 0 Å². The lowest BCUT2D eigenvalue weighted by Gasteiger charge is -2.25. The molecule has 0 saturated carbocycles. The number of likely N-dealkylation sites (tertiary alicyclic amines) is 2. The van der Waals surface area contributed by atoms with Crippen LogP contribution in [0.4, 0.5) is 0 Å². The minimum atomic E-state index is 0.254. The van der Waals surface area contributed by atoms with Crippen molar-refractivity contribution in [1.29, 1.82) is 0 Å². The molecular weight excluding hydrogens is 302 g/mol. The van der Waals surface area contributed by atoms with Crippen LogP contribution in [0.5, 0.6) is 0 Å². The fourth-order valence-electron chi connectivity index (χ4n) is 4.06. The third-order valence-corrected chi connectivity index (χ3v) is 5.15. The summed E-state index contributed by atoms with van der Waals surface area (Å²) in [5, 5.41) is 4.24. The molecule has 2 atom stereocenters. The van der Waals surface area contributed by atoms with Gasteiger partial charge in [-0.25, -0.2) is 0 Å². The molecule has 1 amide bonds. The van der Waals surface area contributed by atoms with Crippen LogP contribution in [0.1, 0.15) is 29.8 Å². The molecule has 0 unspecified atom stereocenters. The van der Waals surface area contributed by atoms with Gasteiger partial charge in [0.05, 0.1) is 18.4 Å². The van der Waals surface area contributed by atoms with E-state index in [0.717, 1.165) is 30.9 Å². The number of carbonyl (C=O) groups excluding carboxylic acids is 1. The zero-order valence-corrected chi connectivity index (χ0v) is 14.2. The number of pyridine rings is 1. The van der Waals surface area contributed by atoms with Crippen molar-refractivity contribution in [3.63, 3.8) is 0 Å². The standard InChI is InChI=1S/C18H23N5O/c1-13-4-3-5-15(20-13)12-23-16-6-7-22(17(16)8-18(23)24)11-14-9-19-21(2)10-14/h3-5,9-10,16-17H,6-8,11-12H2,1-2H3/t16-,17+/m1/s1. The summed E-state index contributed by atoms with van der Waals surface area (Å²) in [5.41, 5.74) is 3.19. The second-order valence-electron chi connectivity index (χ2n) is 6.91. The first kappa shape index (κ1) is 15.3. The lowest BCUT2D eigenvalue weighted by Crippen LogP contribution is -2.36. The molecule has 4 rings (SSSR count). The molecule has 2 aromatic heterocycles. The van der Waals surface area contributed by atoms with Gasteiger partial charge in [0.2, 0.25) is 5.91 Å². The van der Waals surface area contributed by atoms with Gasteiger partial charge in [0.1, 0.15) is 0 Å². The Morgan fingerprint density at radius 2 is 2.12 bits per heavy atom. The van der Waals surface area contributed by atoms with Crippen LogP contribution < -0.4 is 0 Å². The van der Waals surface area contributed by atoms with E-state index in [0.29, 0.717) is 25.0 Å². The van der Waals surface area contributed by atoms with E-state index >= 15 is 0 Å². The molecule has 0 aliphatic carbocycles. The maximum atomic E-state index is 12.5. The first-order valence-electron chi connectivity index (χ1n) is 8.54. The van der Waals surface area contributed by atoms with Crippen LogP contribution in [0.2, 0.25) is 0 Å². The van der Waals surface area contributed by atoms with E-state index < -0.39 is 0 Å². The topological polar surface area (TPSA) is 54.3 Å². The molecule has 2 aromatic rings. The second-order valence-corrected chi connectivity index (χ2v) is 6.91. The Balaban J connectivity index is 1.47. The third kappa shape index (κ3) is 2.82. The Hall–Kier alpha value is -2.21. The Labute approximate surface area is 142 Å². The average molecular weight is 325 g/mol. The second kappa shape index (κ2) is 6.02. The lowest BCUT2D eigenvalue weighted by molar-refractivity contribution is -0.129. The van der Waals surface area contributed by atoms with Gasteiger partial charge in [-0.15, -0.1) is 0 Å². The van der Waals surface area contributed by atoms with Crippen LogP contribution in [0, 0.1) is 6.92 Å². The monoisotopic (exact) mass is 325 g/mol. The summed E-state index contributed by atoms with van der Waals surface area (Å²) in [6.07, 6.45) is 5.64. The van der Waals surface area contributed by atoms with E-state index in [-0.39, 0.29) is 5.91 Å². The normalized spacial score (nSPS) is 23.9. The van der Waals surface area contributed by atoms with Crippen LogP contribution in [-0.4, -0.2) is 49.1 Å². The highest BCUT2D eigenvalue weighted by Gasteiger charge is 2.46. The van der Waals surface area contributed by atoms with Crippen molar-refractivity contribution in [3.8, 4) is 0 Å². The third-order valence-electron chi connectivity index (χ3n) is 5.15. The van der Waals surface area contributed by atoms with Crippen LogP contribution in [0.25, 0.3) is 0 Å². The van der Waals surface area contributed by atoms with Crippen LogP contribution >= 0.6 is 0 Å². The van der Waals surface area contributed by atoms with Crippen molar-refractivity contribution in [2.45, 2.75) is 44.9 Å². The Morgan fingerprint density at radius 1 is 1.25 bits per heavy atom. The minimum absolute atomic E-state index is 0.254.